The summed E-state index contributed by atoms with van der Waals surface area (Å²) >= 11 is 0. The summed E-state index contributed by atoms with van der Waals surface area (Å²) in [6.45, 7) is 1.84. The highest BCUT2D eigenvalue weighted by Crippen LogP contribution is 2.21. The van der Waals surface area contributed by atoms with Crippen molar-refractivity contribution in [3.63, 3.8) is 0 Å². The van der Waals surface area contributed by atoms with Crippen LogP contribution in [0.5, 0.6) is 0 Å². The number of anilines is 2. The molecule has 0 bridgehead atoms. The molecule has 1 aromatic rings. The van der Waals surface area contributed by atoms with E-state index in [0.29, 0.717) is 18.2 Å². The standard InChI is InChI=1S/C15H25N3O2S/c1-2-11-21(19,20)18-14-9-10-15(16-12-14)17-13-7-5-3-4-6-8-13/h9-10,12-13,18H,2-8,11H2,1H3,(H,16,17). The van der Waals surface area contributed by atoms with Crippen LogP contribution in [-0.2, 0) is 10.0 Å². The van der Waals surface area contributed by atoms with Crippen LogP contribution in [-0.4, -0.2) is 25.2 Å². The average molecular weight is 311 g/mol. The summed E-state index contributed by atoms with van der Waals surface area (Å²) in [6.07, 6.45) is 9.74. The Balaban J connectivity index is 1.92. The molecule has 0 amide bonds. The van der Waals surface area contributed by atoms with Crippen molar-refractivity contribution in [3.05, 3.63) is 18.3 Å². The zero-order valence-corrected chi connectivity index (χ0v) is 13.5. The third kappa shape index (κ3) is 5.53. The highest BCUT2D eigenvalue weighted by atomic mass is 32.2. The lowest BCUT2D eigenvalue weighted by Crippen LogP contribution is -2.19. The highest BCUT2D eigenvalue weighted by molar-refractivity contribution is 7.92. The summed E-state index contributed by atoms with van der Waals surface area (Å²) < 4.78 is 25.9. The largest absolute Gasteiger partial charge is 0.367 e. The first-order chi connectivity index (χ1) is 10.1. The average Bonchev–Trinajstić information content (AvgIpc) is 2.69. The molecule has 1 aromatic heterocycles. The molecule has 0 radical (unpaired) electrons. The van der Waals surface area contributed by atoms with E-state index in [1.165, 1.54) is 38.5 Å². The van der Waals surface area contributed by atoms with E-state index in [2.05, 4.69) is 15.0 Å². The molecular weight excluding hydrogens is 286 g/mol. The minimum atomic E-state index is -3.24. The minimum Gasteiger partial charge on any atom is -0.367 e. The SMILES string of the molecule is CCCS(=O)(=O)Nc1ccc(NC2CCCCCC2)nc1. The summed E-state index contributed by atoms with van der Waals surface area (Å²) in [5.74, 6) is 0.954. The lowest BCUT2D eigenvalue weighted by Gasteiger charge is -2.17. The van der Waals surface area contributed by atoms with Crippen LogP contribution in [0, 0.1) is 0 Å². The molecule has 21 heavy (non-hydrogen) atoms. The Morgan fingerprint density at radius 2 is 1.90 bits per heavy atom. The Morgan fingerprint density at radius 1 is 1.19 bits per heavy atom. The summed E-state index contributed by atoms with van der Waals surface area (Å²) in [5, 5.41) is 3.45. The number of rotatable bonds is 6. The molecule has 5 nitrogen and oxygen atoms in total. The second-order valence-corrected chi connectivity index (χ2v) is 7.53. The second-order valence-electron chi connectivity index (χ2n) is 5.69. The van der Waals surface area contributed by atoms with E-state index in [-0.39, 0.29) is 5.75 Å². The van der Waals surface area contributed by atoms with Crippen LogP contribution < -0.4 is 10.0 Å². The van der Waals surface area contributed by atoms with Crippen LogP contribution in [0.1, 0.15) is 51.9 Å². The van der Waals surface area contributed by atoms with Gasteiger partial charge in [-0.3, -0.25) is 4.72 Å². The summed E-state index contributed by atoms with van der Waals surface area (Å²) in [7, 11) is -3.24. The van der Waals surface area contributed by atoms with Crippen LogP contribution in [0.3, 0.4) is 0 Å². The molecule has 0 aliphatic heterocycles. The molecule has 0 atom stereocenters. The van der Waals surface area contributed by atoms with E-state index >= 15 is 0 Å². The van der Waals surface area contributed by atoms with Crippen molar-refractivity contribution in [2.45, 2.75) is 57.9 Å². The normalized spacial score (nSPS) is 17.2. The van der Waals surface area contributed by atoms with Crippen molar-refractivity contribution in [1.29, 1.82) is 0 Å². The molecule has 2 N–H and O–H groups in total. The highest BCUT2D eigenvalue weighted by Gasteiger charge is 2.13. The molecule has 1 aliphatic carbocycles. The van der Waals surface area contributed by atoms with Gasteiger partial charge in [0.05, 0.1) is 17.6 Å². The maximum absolute atomic E-state index is 11.7. The van der Waals surface area contributed by atoms with Gasteiger partial charge < -0.3 is 5.32 Å². The molecule has 118 valence electrons. The maximum atomic E-state index is 11.7. The molecule has 1 fully saturated rings. The molecule has 6 heteroatoms. The van der Waals surface area contributed by atoms with E-state index in [0.717, 1.165) is 5.82 Å². The van der Waals surface area contributed by atoms with Gasteiger partial charge in [-0.1, -0.05) is 32.6 Å². The summed E-state index contributed by atoms with van der Waals surface area (Å²) in [5.41, 5.74) is 0.523. The molecule has 0 aromatic carbocycles. The second kappa shape index (κ2) is 7.64. The Hall–Kier alpha value is -1.30. The topological polar surface area (TPSA) is 71.1 Å². The van der Waals surface area contributed by atoms with E-state index < -0.39 is 10.0 Å². The quantitative estimate of drug-likeness (QED) is 0.790. The predicted molar refractivity (Wildman–Crippen MR) is 87.1 cm³/mol. The van der Waals surface area contributed by atoms with Crippen LogP contribution in [0.15, 0.2) is 18.3 Å². The minimum absolute atomic E-state index is 0.134. The number of nitrogens with zero attached hydrogens (tertiary/aromatic N) is 1. The van der Waals surface area contributed by atoms with Gasteiger partial charge >= 0.3 is 0 Å². The fourth-order valence-electron chi connectivity index (χ4n) is 2.67. The third-order valence-corrected chi connectivity index (χ3v) is 5.21. The fraction of sp³-hybridized carbons (Fsp3) is 0.667. The fourth-order valence-corrected chi connectivity index (χ4v) is 3.79. The van der Waals surface area contributed by atoms with Gasteiger partial charge in [0.2, 0.25) is 10.0 Å². The van der Waals surface area contributed by atoms with E-state index in [1.54, 1.807) is 12.3 Å². The van der Waals surface area contributed by atoms with Gasteiger partial charge in [0.25, 0.3) is 0 Å². The predicted octanol–water partition coefficient (Wildman–Crippen LogP) is 3.37. The lowest BCUT2D eigenvalue weighted by molar-refractivity contribution is 0.600. The number of nitrogens with one attached hydrogen (secondary N) is 2. The molecular formula is C15H25N3O2S. The van der Waals surface area contributed by atoms with Crippen molar-refractivity contribution in [2.75, 3.05) is 15.8 Å². The first-order valence-electron chi connectivity index (χ1n) is 7.82. The van der Waals surface area contributed by atoms with E-state index in [4.69, 9.17) is 0 Å². The van der Waals surface area contributed by atoms with Crippen molar-refractivity contribution in [3.8, 4) is 0 Å². The maximum Gasteiger partial charge on any atom is 0.232 e. The van der Waals surface area contributed by atoms with Gasteiger partial charge in [-0.05, 0) is 31.4 Å². The third-order valence-electron chi connectivity index (χ3n) is 3.72. The monoisotopic (exact) mass is 311 g/mol. The van der Waals surface area contributed by atoms with Crippen molar-refractivity contribution in [2.24, 2.45) is 0 Å². The Bertz CT molecular complexity index is 520. The van der Waals surface area contributed by atoms with Gasteiger partial charge in [0, 0.05) is 6.04 Å². The van der Waals surface area contributed by atoms with Crippen molar-refractivity contribution < 1.29 is 8.42 Å². The zero-order chi connectivity index (χ0) is 15.1. The van der Waals surface area contributed by atoms with Gasteiger partial charge in [-0.15, -0.1) is 0 Å². The molecule has 0 saturated heterocycles. The number of aromatic nitrogens is 1. The molecule has 0 spiro atoms. The zero-order valence-electron chi connectivity index (χ0n) is 12.6. The Labute approximate surface area is 127 Å². The van der Waals surface area contributed by atoms with Crippen LogP contribution in [0.4, 0.5) is 11.5 Å². The van der Waals surface area contributed by atoms with Crippen LogP contribution in [0.2, 0.25) is 0 Å². The number of hydrogen-bond donors (Lipinski definition) is 2. The Morgan fingerprint density at radius 3 is 2.48 bits per heavy atom. The van der Waals surface area contributed by atoms with Crippen molar-refractivity contribution in [1.82, 2.24) is 4.98 Å². The summed E-state index contributed by atoms with van der Waals surface area (Å²) in [4.78, 5) is 4.31. The van der Waals surface area contributed by atoms with Crippen LogP contribution >= 0.6 is 0 Å². The first-order valence-corrected chi connectivity index (χ1v) is 9.47. The number of pyridine rings is 1. The van der Waals surface area contributed by atoms with Gasteiger partial charge in [-0.25, -0.2) is 13.4 Å². The first kappa shape index (κ1) is 16.1. The van der Waals surface area contributed by atoms with E-state index in [1.807, 2.05) is 13.0 Å². The smallest absolute Gasteiger partial charge is 0.232 e. The molecule has 1 heterocycles. The molecule has 1 saturated carbocycles. The molecule has 2 rings (SSSR count). The van der Waals surface area contributed by atoms with Gasteiger partial charge in [0.1, 0.15) is 5.82 Å². The van der Waals surface area contributed by atoms with Gasteiger partial charge in [0.15, 0.2) is 0 Å². The van der Waals surface area contributed by atoms with Gasteiger partial charge in [-0.2, -0.15) is 0 Å². The van der Waals surface area contributed by atoms with E-state index in [9.17, 15) is 8.42 Å². The molecule has 0 unspecified atom stereocenters. The Kier molecular flexibility index (Phi) is 5.85. The lowest BCUT2D eigenvalue weighted by atomic mass is 10.1. The van der Waals surface area contributed by atoms with Crippen LogP contribution in [0.25, 0.3) is 0 Å². The van der Waals surface area contributed by atoms with Crippen molar-refractivity contribution >= 4 is 21.5 Å². The number of hydrogen-bond acceptors (Lipinski definition) is 4. The number of sulfonamides is 1. The molecule has 1 aliphatic rings. The summed E-state index contributed by atoms with van der Waals surface area (Å²) in [6, 6.07) is 4.09.